The zero-order valence-electron chi connectivity index (χ0n) is 21.0. The van der Waals surface area contributed by atoms with Gasteiger partial charge in [0.15, 0.2) is 11.5 Å². The van der Waals surface area contributed by atoms with Crippen molar-refractivity contribution < 1.29 is 36.6 Å². The average Bonchev–Trinajstić information content (AvgIpc) is 3.17. The Morgan fingerprint density at radius 1 is 1.10 bits per heavy atom. The second kappa shape index (κ2) is 12.1. The summed E-state index contributed by atoms with van der Waals surface area (Å²) in [5.41, 5.74) is 1.03. The monoisotopic (exact) mass is 648 g/mol. The van der Waals surface area contributed by atoms with Gasteiger partial charge in [0.25, 0.3) is 16.8 Å². The minimum Gasteiger partial charge on any atom is -0.493 e. The molecule has 11 nitrogen and oxygen atoms in total. The van der Waals surface area contributed by atoms with E-state index in [4.69, 9.17) is 13.7 Å². The van der Waals surface area contributed by atoms with Crippen LogP contribution in [0.3, 0.4) is 0 Å². The Labute approximate surface area is 242 Å². The minimum absolute atomic E-state index is 0.000383. The molecule has 0 saturated carbocycles. The van der Waals surface area contributed by atoms with Gasteiger partial charge in [0, 0.05) is 12.1 Å². The number of ether oxygens (including phenoxy) is 2. The number of carbonyl (C=O) groups is 2. The number of nitro benzene ring substituents is 1. The number of non-ortho nitro benzene ring substituents is 1. The maximum absolute atomic E-state index is 12.9. The van der Waals surface area contributed by atoms with Crippen LogP contribution in [0, 0.1) is 17.0 Å². The third kappa shape index (κ3) is 6.63. The van der Waals surface area contributed by atoms with Gasteiger partial charge in [0.1, 0.15) is 17.3 Å². The van der Waals surface area contributed by atoms with Crippen LogP contribution in [0.1, 0.15) is 11.1 Å². The topological polar surface area (TPSA) is 142 Å². The lowest BCUT2D eigenvalue weighted by atomic mass is 10.2. The summed E-state index contributed by atoms with van der Waals surface area (Å²) in [6.07, 6.45) is 1.47. The lowest BCUT2D eigenvalue weighted by Gasteiger charge is -2.14. The van der Waals surface area contributed by atoms with Gasteiger partial charge in [-0.3, -0.25) is 24.6 Å². The normalized spacial score (nSPS) is 14.5. The summed E-state index contributed by atoms with van der Waals surface area (Å²) in [5.74, 6) is -0.0613. The quantitative estimate of drug-likeness (QED) is 0.119. The molecule has 1 aliphatic heterocycles. The van der Waals surface area contributed by atoms with Crippen molar-refractivity contribution in [3.8, 4) is 17.2 Å². The molecule has 1 aliphatic rings. The molecule has 3 aromatic rings. The smallest absolute Gasteiger partial charge is 0.339 e. The van der Waals surface area contributed by atoms with E-state index in [0.717, 1.165) is 34.4 Å². The number of hydrogen-bond donors (Lipinski definition) is 0. The zero-order chi connectivity index (χ0) is 29.0. The molecule has 0 atom stereocenters. The largest absolute Gasteiger partial charge is 0.493 e. The molecular formula is C26H21BrN2O9S2. The molecule has 1 saturated heterocycles. The predicted octanol–water partition coefficient (Wildman–Crippen LogP) is 5.56. The number of nitro groups is 1. The van der Waals surface area contributed by atoms with E-state index in [0.29, 0.717) is 11.3 Å². The summed E-state index contributed by atoms with van der Waals surface area (Å²) in [6.45, 7) is 2.11. The molecule has 40 heavy (non-hydrogen) atoms. The predicted molar refractivity (Wildman–Crippen MR) is 151 cm³/mol. The van der Waals surface area contributed by atoms with Crippen molar-refractivity contribution in [2.75, 3.05) is 20.3 Å². The highest BCUT2D eigenvalue weighted by Crippen LogP contribution is 2.40. The number of methoxy groups -OCH3 is 1. The average molecular weight is 649 g/mol. The molecule has 1 fully saturated rings. The first-order valence-corrected chi connectivity index (χ1v) is 14.5. The third-order valence-electron chi connectivity index (χ3n) is 5.51. The van der Waals surface area contributed by atoms with E-state index < -0.39 is 36.8 Å². The van der Waals surface area contributed by atoms with Gasteiger partial charge in [0.05, 0.1) is 28.0 Å². The highest BCUT2D eigenvalue weighted by molar-refractivity contribution is 9.10. The molecule has 0 aliphatic carbocycles. The summed E-state index contributed by atoms with van der Waals surface area (Å²) >= 11 is 4.02. The van der Waals surface area contributed by atoms with Crippen molar-refractivity contribution in [1.29, 1.82) is 0 Å². The number of nitrogens with zero attached hydrogens (tertiary/aromatic N) is 2. The standard InChI is InChI=1S/C26H21BrN2O9S2/c1-16-5-3-7-19(11-16)37-10-9-28-25(30)23(39-26(28)31)14-17-12-21(27)24(22(13-17)36-2)38-40(34,35)20-8-4-6-18(15-20)29(32)33/h3-8,11-15H,9-10H2,1-2H3/b23-14-. The number of benzene rings is 3. The second-order valence-corrected chi connectivity index (χ2v) is 11.7. The van der Waals surface area contributed by atoms with Crippen molar-refractivity contribution in [2.24, 2.45) is 0 Å². The van der Waals surface area contributed by atoms with Crippen LogP contribution in [-0.2, 0) is 14.9 Å². The van der Waals surface area contributed by atoms with Gasteiger partial charge in [0.2, 0.25) is 0 Å². The lowest BCUT2D eigenvalue weighted by molar-refractivity contribution is -0.385. The molecule has 3 aromatic carbocycles. The number of thioether (sulfide) groups is 1. The number of carbonyl (C=O) groups excluding carboxylic acids is 2. The van der Waals surface area contributed by atoms with Crippen LogP contribution in [0.4, 0.5) is 10.5 Å². The maximum atomic E-state index is 12.9. The number of imide groups is 1. The summed E-state index contributed by atoms with van der Waals surface area (Å²) in [6, 6.07) is 14.7. The van der Waals surface area contributed by atoms with Crippen molar-refractivity contribution >= 4 is 60.7 Å². The molecule has 0 N–H and O–H groups in total. The van der Waals surface area contributed by atoms with E-state index in [9.17, 15) is 28.1 Å². The second-order valence-electron chi connectivity index (χ2n) is 8.32. The highest BCUT2D eigenvalue weighted by atomic mass is 79.9. The van der Waals surface area contributed by atoms with E-state index in [2.05, 4.69) is 15.9 Å². The molecule has 0 bridgehead atoms. The SMILES string of the molecule is COc1cc(/C=C2\SC(=O)N(CCOc3cccc(C)c3)C2=O)cc(Br)c1OS(=O)(=O)c1cccc([N+](=O)[O-])c1. The molecule has 0 spiro atoms. The van der Waals surface area contributed by atoms with E-state index >= 15 is 0 Å². The molecule has 208 valence electrons. The van der Waals surface area contributed by atoms with Crippen molar-refractivity contribution in [3.05, 3.63) is 91.3 Å². The molecule has 2 amide bonds. The van der Waals surface area contributed by atoms with E-state index in [-0.39, 0.29) is 34.0 Å². The summed E-state index contributed by atoms with van der Waals surface area (Å²) in [7, 11) is -3.17. The Morgan fingerprint density at radius 3 is 2.55 bits per heavy atom. The molecule has 4 rings (SSSR count). The van der Waals surface area contributed by atoms with Crippen molar-refractivity contribution in [1.82, 2.24) is 4.90 Å². The summed E-state index contributed by atoms with van der Waals surface area (Å²) in [4.78, 5) is 36.5. The number of rotatable bonds is 10. The van der Waals surface area contributed by atoms with Crippen LogP contribution in [0.2, 0.25) is 0 Å². The molecule has 0 aromatic heterocycles. The molecule has 0 radical (unpaired) electrons. The van der Waals surface area contributed by atoms with Crippen molar-refractivity contribution in [2.45, 2.75) is 11.8 Å². The van der Waals surface area contributed by atoms with Crippen LogP contribution in [0.25, 0.3) is 6.08 Å². The number of hydrogen-bond acceptors (Lipinski definition) is 10. The molecule has 14 heteroatoms. The van der Waals surface area contributed by atoms with Gasteiger partial charge in [-0.25, -0.2) is 0 Å². The Kier molecular flexibility index (Phi) is 8.81. The Hall–Kier alpha value is -3.88. The van der Waals surface area contributed by atoms with E-state index in [1.54, 1.807) is 6.07 Å². The first kappa shape index (κ1) is 29.1. The summed E-state index contributed by atoms with van der Waals surface area (Å²) < 4.78 is 42.0. The van der Waals surface area contributed by atoms with Crippen LogP contribution < -0.4 is 13.7 Å². The van der Waals surface area contributed by atoms with Crippen molar-refractivity contribution in [3.63, 3.8) is 0 Å². The molecule has 1 heterocycles. The Balaban J connectivity index is 1.51. The van der Waals surface area contributed by atoms with Gasteiger partial charge in [-0.1, -0.05) is 18.2 Å². The fraction of sp³-hybridized carbons (Fsp3) is 0.154. The first-order valence-electron chi connectivity index (χ1n) is 11.5. The Bertz CT molecular complexity index is 1640. The number of amides is 2. The van der Waals surface area contributed by atoms with E-state index in [1.165, 1.54) is 37.5 Å². The third-order valence-corrected chi connectivity index (χ3v) is 8.22. The van der Waals surface area contributed by atoms with Gasteiger partial charge in [-0.15, -0.1) is 0 Å². The molecular weight excluding hydrogens is 628 g/mol. The number of aryl methyl sites for hydroxylation is 1. The zero-order valence-corrected chi connectivity index (χ0v) is 24.2. The minimum atomic E-state index is -4.47. The summed E-state index contributed by atoms with van der Waals surface area (Å²) in [5, 5.41) is 10.6. The Morgan fingerprint density at radius 2 is 1.85 bits per heavy atom. The van der Waals surface area contributed by atoms with Crippen LogP contribution in [0.15, 0.2) is 74.9 Å². The van der Waals surface area contributed by atoms with Crippen LogP contribution in [-0.4, -0.2) is 49.6 Å². The van der Waals surface area contributed by atoms with Gasteiger partial charge in [-0.05, 0) is 82.2 Å². The van der Waals surface area contributed by atoms with Gasteiger partial charge >= 0.3 is 10.1 Å². The van der Waals surface area contributed by atoms with Gasteiger partial charge < -0.3 is 13.7 Å². The fourth-order valence-corrected chi connectivity index (χ4v) is 6.13. The lowest BCUT2D eigenvalue weighted by Crippen LogP contribution is -2.32. The van der Waals surface area contributed by atoms with Gasteiger partial charge in [-0.2, -0.15) is 8.42 Å². The molecule has 0 unspecified atom stereocenters. The van der Waals surface area contributed by atoms with E-state index in [1.807, 2.05) is 25.1 Å². The first-order chi connectivity index (χ1) is 19.0. The van der Waals surface area contributed by atoms with Crippen LogP contribution in [0.5, 0.6) is 17.2 Å². The maximum Gasteiger partial charge on any atom is 0.339 e. The van der Waals surface area contributed by atoms with Crippen LogP contribution >= 0.6 is 27.7 Å². The fourth-order valence-electron chi connectivity index (χ4n) is 3.62. The number of halogens is 1. The highest BCUT2D eigenvalue weighted by Gasteiger charge is 2.35.